The number of nitrogens with zero attached hydrogens (tertiary/aromatic N) is 6. The van der Waals surface area contributed by atoms with E-state index in [0.29, 0.717) is 11.3 Å². The van der Waals surface area contributed by atoms with Crippen molar-refractivity contribution in [3.63, 3.8) is 0 Å². The molecule has 0 unspecified atom stereocenters. The lowest BCUT2D eigenvalue weighted by molar-refractivity contribution is 0.102. The Balaban J connectivity index is 1.21. The minimum atomic E-state index is -0.191. The van der Waals surface area contributed by atoms with E-state index in [1.54, 1.807) is 30.7 Å². The predicted molar refractivity (Wildman–Crippen MR) is 156 cm³/mol. The van der Waals surface area contributed by atoms with Gasteiger partial charge in [-0.3, -0.25) is 19.9 Å². The first-order valence-corrected chi connectivity index (χ1v) is 13.2. The number of hydrogen-bond acceptors (Lipinski definition) is 7. The number of benzene rings is 1. The Morgan fingerprint density at radius 1 is 0.925 bits per heavy atom. The second-order valence-corrected chi connectivity index (χ2v) is 10.0. The van der Waals surface area contributed by atoms with Crippen molar-refractivity contribution >= 4 is 39.2 Å². The third kappa shape index (κ3) is 4.44. The predicted octanol–water partition coefficient (Wildman–Crippen LogP) is 4.57. The van der Waals surface area contributed by atoms with Crippen LogP contribution in [0.25, 0.3) is 44.6 Å². The van der Waals surface area contributed by atoms with Crippen LogP contribution in [0.15, 0.2) is 79.4 Å². The molecule has 7 rings (SSSR count). The van der Waals surface area contributed by atoms with Crippen LogP contribution in [-0.4, -0.2) is 74.2 Å². The van der Waals surface area contributed by atoms with E-state index in [1.807, 2.05) is 36.5 Å². The minimum absolute atomic E-state index is 0.191. The average Bonchev–Trinajstić information content (AvgIpc) is 3.62. The monoisotopic (exact) mass is 529 g/mol. The lowest BCUT2D eigenvalue weighted by Crippen LogP contribution is -2.44. The average molecular weight is 530 g/mol. The normalized spacial score (nSPS) is 14.2. The Morgan fingerprint density at radius 2 is 1.77 bits per heavy atom. The van der Waals surface area contributed by atoms with Crippen molar-refractivity contribution in [2.75, 3.05) is 43.4 Å². The van der Waals surface area contributed by atoms with Crippen LogP contribution in [0.5, 0.6) is 0 Å². The van der Waals surface area contributed by atoms with Gasteiger partial charge in [-0.15, -0.1) is 0 Å². The second-order valence-electron chi connectivity index (χ2n) is 10.0. The molecule has 1 fully saturated rings. The molecule has 0 bridgehead atoms. The largest absolute Gasteiger partial charge is 0.368 e. The van der Waals surface area contributed by atoms with E-state index in [4.69, 9.17) is 0 Å². The van der Waals surface area contributed by atoms with Gasteiger partial charge in [-0.1, -0.05) is 18.2 Å². The Kier molecular flexibility index (Phi) is 5.94. The SMILES string of the molecule is CN1CCN(c2ccnc3[nH]c(-c4n[nH]c5cnc(-c6cncc(NC(=O)c7ccccc7)c6)cc45)cc23)CC1. The Hall–Kier alpha value is -5.09. The lowest BCUT2D eigenvalue weighted by Gasteiger charge is -2.34. The summed E-state index contributed by atoms with van der Waals surface area (Å²) in [7, 11) is 2.16. The third-order valence-corrected chi connectivity index (χ3v) is 7.38. The van der Waals surface area contributed by atoms with Crippen molar-refractivity contribution in [1.29, 1.82) is 0 Å². The molecule has 40 heavy (non-hydrogen) atoms. The summed E-state index contributed by atoms with van der Waals surface area (Å²) in [5.41, 5.74) is 7.22. The van der Waals surface area contributed by atoms with E-state index >= 15 is 0 Å². The molecule has 0 spiro atoms. The van der Waals surface area contributed by atoms with E-state index in [1.165, 1.54) is 5.69 Å². The number of aromatic nitrogens is 6. The van der Waals surface area contributed by atoms with Crippen LogP contribution >= 0.6 is 0 Å². The Morgan fingerprint density at radius 3 is 2.62 bits per heavy atom. The number of carbonyl (C=O) groups is 1. The molecule has 1 amide bonds. The molecule has 1 aromatic carbocycles. The van der Waals surface area contributed by atoms with Crippen molar-refractivity contribution in [3.8, 4) is 22.6 Å². The molecule has 0 aliphatic carbocycles. The molecule has 10 heteroatoms. The van der Waals surface area contributed by atoms with Gasteiger partial charge < -0.3 is 20.1 Å². The van der Waals surface area contributed by atoms with Crippen LogP contribution in [0.1, 0.15) is 10.4 Å². The van der Waals surface area contributed by atoms with Crippen molar-refractivity contribution in [2.45, 2.75) is 0 Å². The zero-order valence-corrected chi connectivity index (χ0v) is 21.9. The van der Waals surface area contributed by atoms with E-state index in [9.17, 15) is 4.79 Å². The van der Waals surface area contributed by atoms with Crippen molar-refractivity contribution < 1.29 is 4.79 Å². The van der Waals surface area contributed by atoms with Crippen molar-refractivity contribution in [3.05, 3.63) is 84.9 Å². The number of rotatable bonds is 5. The molecule has 10 nitrogen and oxygen atoms in total. The molecule has 5 aromatic heterocycles. The van der Waals surface area contributed by atoms with Gasteiger partial charge in [0.25, 0.3) is 5.91 Å². The summed E-state index contributed by atoms with van der Waals surface area (Å²) in [5.74, 6) is -0.191. The number of likely N-dealkylation sites (N-methyl/N-ethyl adjacent to an activating group) is 1. The van der Waals surface area contributed by atoms with Crippen LogP contribution in [0.3, 0.4) is 0 Å². The van der Waals surface area contributed by atoms with Gasteiger partial charge in [0.1, 0.15) is 11.3 Å². The Bertz CT molecular complexity index is 1830. The number of amides is 1. The number of pyridine rings is 3. The summed E-state index contributed by atoms with van der Waals surface area (Å²) in [6.07, 6.45) is 6.99. The molecule has 6 aromatic rings. The number of fused-ring (bicyclic) bond motifs is 2. The molecule has 0 atom stereocenters. The minimum Gasteiger partial charge on any atom is -0.368 e. The van der Waals surface area contributed by atoms with E-state index < -0.39 is 0 Å². The molecule has 0 radical (unpaired) electrons. The van der Waals surface area contributed by atoms with Crippen LogP contribution in [0, 0.1) is 0 Å². The summed E-state index contributed by atoms with van der Waals surface area (Å²) >= 11 is 0. The van der Waals surface area contributed by atoms with Crippen LogP contribution in [-0.2, 0) is 0 Å². The lowest BCUT2D eigenvalue weighted by atomic mass is 10.1. The molecule has 1 saturated heterocycles. The van der Waals surface area contributed by atoms with Gasteiger partial charge >= 0.3 is 0 Å². The molecule has 1 aliphatic heterocycles. The number of hydrogen-bond donors (Lipinski definition) is 3. The molecule has 0 saturated carbocycles. The Labute approximate surface area is 230 Å². The van der Waals surface area contributed by atoms with E-state index in [-0.39, 0.29) is 5.91 Å². The number of carbonyl (C=O) groups excluding carboxylic acids is 1. The van der Waals surface area contributed by atoms with Gasteiger partial charge in [0.2, 0.25) is 0 Å². The first kappa shape index (κ1) is 24.0. The van der Waals surface area contributed by atoms with Crippen molar-refractivity contribution in [1.82, 2.24) is 35.0 Å². The first-order valence-electron chi connectivity index (χ1n) is 13.2. The van der Waals surface area contributed by atoms with Crippen LogP contribution < -0.4 is 10.2 Å². The summed E-state index contributed by atoms with van der Waals surface area (Å²) in [6.45, 7) is 4.03. The number of piperazine rings is 1. The van der Waals surface area contributed by atoms with Gasteiger partial charge in [-0.2, -0.15) is 5.10 Å². The van der Waals surface area contributed by atoms with Gasteiger partial charge in [0.15, 0.2) is 0 Å². The first-order chi connectivity index (χ1) is 19.6. The summed E-state index contributed by atoms with van der Waals surface area (Å²) in [5, 5.41) is 12.7. The summed E-state index contributed by atoms with van der Waals surface area (Å²) in [6, 6.07) is 17.2. The highest BCUT2D eigenvalue weighted by Gasteiger charge is 2.20. The second kappa shape index (κ2) is 9.90. The van der Waals surface area contributed by atoms with Gasteiger partial charge in [0.05, 0.1) is 35.0 Å². The number of H-pyrrole nitrogens is 2. The molecule has 198 valence electrons. The van der Waals surface area contributed by atoms with Gasteiger partial charge in [-0.05, 0) is 43.4 Å². The van der Waals surface area contributed by atoms with Crippen LogP contribution in [0.2, 0.25) is 0 Å². The zero-order chi connectivity index (χ0) is 27.1. The number of aromatic amines is 2. The van der Waals surface area contributed by atoms with Crippen LogP contribution in [0.4, 0.5) is 11.4 Å². The van der Waals surface area contributed by atoms with Gasteiger partial charge in [0, 0.05) is 66.2 Å². The third-order valence-electron chi connectivity index (χ3n) is 7.38. The maximum atomic E-state index is 12.6. The molecule has 3 N–H and O–H groups in total. The summed E-state index contributed by atoms with van der Waals surface area (Å²) < 4.78 is 0. The van der Waals surface area contributed by atoms with E-state index in [0.717, 1.165) is 70.8 Å². The topological polar surface area (TPSA) is 119 Å². The number of nitrogens with one attached hydrogen (secondary N) is 3. The number of anilines is 2. The standard InChI is InChI=1S/C30H27N9O/c1-38-9-11-39(12-10-38)27-7-8-32-29-23(27)15-25(35-29)28-22-14-24(33-18-26(22)36-37-28)20-13-21(17-31-16-20)34-30(40)19-5-3-2-4-6-19/h2-8,13-18H,9-12H2,1H3,(H,32,35)(H,34,40)(H,36,37). The fourth-order valence-electron chi connectivity index (χ4n) is 5.18. The highest BCUT2D eigenvalue weighted by Crippen LogP contribution is 2.34. The van der Waals surface area contributed by atoms with Crippen molar-refractivity contribution in [2.24, 2.45) is 0 Å². The fraction of sp³-hybridized carbons (Fsp3) is 0.167. The summed E-state index contributed by atoms with van der Waals surface area (Å²) in [4.78, 5) is 34.4. The fourth-order valence-corrected chi connectivity index (χ4v) is 5.18. The highest BCUT2D eigenvalue weighted by atomic mass is 16.1. The molecular weight excluding hydrogens is 502 g/mol. The molecular formula is C30H27N9O. The maximum absolute atomic E-state index is 12.6. The highest BCUT2D eigenvalue weighted by molar-refractivity contribution is 6.04. The molecule has 1 aliphatic rings. The zero-order valence-electron chi connectivity index (χ0n) is 21.9. The maximum Gasteiger partial charge on any atom is 0.255 e. The quantitative estimate of drug-likeness (QED) is 0.299. The van der Waals surface area contributed by atoms with Gasteiger partial charge in [-0.25, -0.2) is 4.98 Å². The smallest absolute Gasteiger partial charge is 0.255 e. The molecule has 6 heterocycles. The van der Waals surface area contributed by atoms with E-state index in [2.05, 4.69) is 64.4 Å².